The largest absolute Gasteiger partial charge is 0.378 e. The van der Waals surface area contributed by atoms with E-state index in [0.717, 1.165) is 29.2 Å². The first-order valence-corrected chi connectivity index (χ1v) is 12.7. The van der Waals surface area contributed by atoms with Crippen LogP contribution in [0.3, 0.4) is 0 Å². The molecule has 0 saturated carbocycles. The molecule has 0 spiro atoms. The third kappa shape index (κ3) is 5.72. The number of amidine groups is 1. The van der Waals surface area contributed by atoms with E-state index in [-0.39, 0.29) is 11.4 Å². The average Bonchev–Trinajstić information content (AvgIpc) is 3.31. The molecule has 1 amide bonds. The highest BCUT2D eigenvalue weighted by Crippen LogP contribution is 2.28. The van der Waals surface area contributed by atoms with Gasteiger partial charge in [-0.25, -0.2) is 13.8 Å². The molecule has 0 aliphatic carbocycles. The van der Waals surface area contributed by atoms with Crippen molar-refractivity contribution < 1.29 is 31.6 Å². The van der Waals surface area contributed by atoms with E-state index in [1.54, 1.807) is 24.3 Å². The molecule has 0 saturated heterocycles. The minimum Gasteiger partial charge on any atom is -0.378 e. The van der Waals surface area contributed by atoms with Crippen molar-refractivity contribution in [3.63, 3.8) is 0 Å². The lowest BCUT2D eigenvalue weighted by Crippen LogP contribution is -2.36. The Morgan fingerprint density at radius 2 is 1.56 bits per heavy atom. The maximum atomic E-state index is 13.9. The molecule has 1 atom stereocenters. The van der Waals surface area contributed by atoms with Crippen LogP contribution in [0.15, 0.2) is 76.0 Å². The molecule has 10 nitrogen and oxygen atoms in total. The summed E-state index contributed by atoms with van der Waals surface area (Å²) in [5.74, 6) is -7.37. The molecule has 1 heterocycles. The van der Waals surface area contributed by atoms with Gasteiger partial charge in [0.1, 0.15) is 23.4 Å². The predicted molar refractivity (Wildman–Crippen MR) is 138 cm³/mol. The van der Waals surface area contributed by atoms with E-state index in [4.69, 9.17) is 5.73 Å². The number of carbonyl (C=O) groups excluding carboxylic acids is 3. The number of nitrogens with two attached hydrogens (primary N) is 1. The highest BCUT2D eigenvalue weighted by molar-refractivity contribution is 7.90. The number of amides is 1. The van der Waals surface area contributed by atoms with Gasteiger partial charge < -0.3 is 15.6 Å². The number of hydrogen-bond acceptors (Lipinski definition) is 6. The SMILES string of the molecule is CN(C)C(=O)C(N)=NS(=O)(=O)c1cccc(C(=O)C(C(=O)c2cc(F)cc(F)c2)c2nc3ccccc3[nH]2)c1. The first-order chi connectivity index (χ1) is 18.4. The number of H-pyrrole nitrogens is 1. The van der Waals surface area contributed by atoms with Gasteiger partial charge in [0.15, 0.2) is 11.6 Å². The number of nitrogens with zero attached hydrogens (tertiary/aromatic N) is 3. The summed E-state index contributed by atoms with van der Waals surface area (Å²) in [6.45, 7) is 0. The number of imidazole rings is 1. The highest BCUT2D eigenvalue weighted by atomic mass is 32.2. The summed E-state index contributed by atoms with van der Waals surface area (Å²) >= 11 is 0. The van der Waals surface area contributed by atoms with E-state index < -0.39 is 61.3 Å². The molecule has 1 aromatic heterocycles. The van der Waals surface area contributed by atoms with Crippen molar-refractivity contribution >= 4 is 44.4 Å². The van der Waals surface area contributed by atoms with Crippen molar-refractivity contribution in [1.29, 1.82) is 0 Å². The average molecular weight is 554 g/mol. The molecule has 0 bridgehead atoms. The number of rotatable bonds is 7. The third-order valence-electron chi connectivity index (χ3n) is 5.61. The standard InChI is InChI=1S/C26H21F2N5O5S/c1-33(2)26(36)24(29)32-39(37,38)18-7-5-6-14(12-18)22(34)21(23(35)15-10-16(27)13-17(28)11-15)25-30-19-8-3-4-9-20(19)31-25/h3-13,21H,1-2H3,(H2,29,32)(H,30,31). The molecule has 4 aromatic rings. The number of fused-ring (bicyclic) bond motifs is 1. The molecule has 0 fully saturated rings. The van der Waals surface area contributed by atoms with Gasteiger partial charge in [-0.05, 0) is 36.4 Å². The Bertz CT molecular complexity index is 1710. The maximum Gasteiger partial charge on any atom is 0.289 e. The van der Waals surface area contributed by atoms with Crippen LogP contribution in [0.4, 0.5) is 8.78 Å². The van der Waals surface area contributed by atoms with Gasteiger partial charge in [0.2, 0.25) is 5.84 Å². The first-order valence-electron chi connectivity index (χ1n) is 11.3. The minimum absolute atomic E-state index is 0.108. The number of halogens is 2. The van der Waals surface area contributed by atoms with Crippen LogP contribution in [0.1, 0.15) is 32.5 Å². The number of nitrogens with one attached hydrogen (secondary N) is 1. The monoisotopic (exact) mass is 553 g/mol. The van der Waals surface area contributed by atoms with Gasteiger partial charge in [-0.2, -0.15) is 8.42 Å². The van der Waals surface area contributed by atoms with Crippen LogP contribution in [0.2, 0.25) is 0 Å². The second-order valence-electron chi connectivity index (χ2n) is 8.64. The van der Waals surface area contributed by atoms with Crippen LogP contribution in [0.25, 0.3) is 11.0 Å². The maximum absolute atomic E-state index is 13.9. The fraction of sp³-hybridized carbons (Fsp3) is 0.115. The molecule has 39 heavy (non-hydrogen) atoms. The van der Waals surface area contributed by atoms with Crippen LogP contribution in [-0.2, 0) is 14.8 Å². The molecule has 1 unspecified atom stereocenters. The molecule has 3 aromatic carbocycles. The minimum atomic E-state index is -4.53. The van der Waals surface area contributed by atoms with E-state index in [1.165, 1.54) is 26.2 Å². The van der Waals surface area contributed by atoms with Crippen molar-refractivity contribution in [3.05, 3.63) is 95.3 Å². The van der Waals surface area contributed by atoms with Crippen LogP contribution >= 0.6 is 0 Å². The molecule has 13 heteroatoms. The Kier molecular flexibility index (Phi) is 7.36. The van der Waals surface area contributed by atoms with Gasteiger partial charge in [0.25, 0.3) is 15.9 Å². The lowest BCUT2D eigenvalue weighted by atomic mass is 9.89. The number of para-hydroxylation sites is 2. The highest BCUT2D eigenvalue weighted by Gasteiger charge is 2.34. The Hall–Kier alpha value is -4.78. The summed E-state index contributed by atoms with van der Waals surface area (Å²) in [6.07, 6.45) is 0. The number of ketones is 2. The van der Waals surface area contributed by atoms with E-state index >= 15 is 0 Å². The number of benzene rings is 3. The van der Waals surface area contributed by atoms with Gasteiger partial charge in [-0.15, -0.1) is 4.40 Å². The van der Waals surface area contributed by atoms with Gasteiger partial charge >= 0.3 is 0 Å². The van der Waals surface area contributed by atoms with E-state index in [2.05, 4.69) is 14.4 Å². The Labute approximate surface area is 221 Å². The second kappa shape index (κ2) is 10.5. The van der Waals surface area contributed by atoms with E-state index in [1.807, 2.05) is 0 Å². The van der Waals surface area contributed by atoms with Crippen LogP contribution in [0, 0.1) is 11.6 Å². The topological polar surface area (TPSA) is 156 Å². The normalized spacial score (nSPS) is 12.8. The van der Waals surface area contributed by atoms with Gasteiger partial charge in [0.05, 0.1) is 15.9 Å². The van der Waals surface area contributed by atoms with Crippen molar-refractivity contribution in [2.45, 2.75) is 10.8 Å². The molecule has 0 radical (unpaired) electrons. The zero-order valence-electron chi connectivity index (χ0n) is 20.6. The molecule has 0 aliphatic heterocycles. The number of sulfonamides is 1. The smallest absolute Gasteiger partial charge is 0.289 e. The molecule has 4 rings (SSSR count). The number of aromatic nitrogens is 2. The summed E-state index contributed by atoms with van der Waals surface area (Å²) in [5.41, 5.74) is 5.79. The molecule has 0 aliphatic rings. The fourth-order valence-corrected chi connectivity index (χ4v) is 4.74. The van der Waals surface area contributed by atoms with Gasteiger partial charge in [-0.3, -0.25) is 14.4 Å². The van der Waals surface area contributed by atoms with Crippen molar-refractivity contribution in [2.24, 2.45) is 10.1 Å². The van der Waals surface area contributed by atoms with Crippen LogP contribution in [-0.4, -0.2) is 60.7 Å². The molecule has 3 N–H and O–H groups in total. The van der Waals surface area contributed by atoms with Gasteiger partial charge in [0, 0.05) is 31.3 Å². The van der Waals surface area contributed by atoms with Crippen LogP contribution < -0.4 is 5.73 Å². The number of hydrogen-bond donors (Lipinski definition) is 2. The lowest BCUT2D eigenvalue weighted by Gasteiger charge is -2.14. The van der Waals surface area contributed by atoms with Crippen LogP contribution in [0.5, 0.6) is 0 Å². The zero-order valence-corrected chi connectivity index (χ0v) is 21.4. The lowest BCUT2D eigenvalue weighted by molar-refractivity contribution is -0.121. The molecular weight excluding hydrogens is 532 g/mol. The Morgan fingerprint density at radius 3 is 2.21 bits per heavy atom. The number of likely N-dealkylation sites (N-methyl/N-ethyl adjacent to an activating group) is 1. The summed E-state index contributed by atoms with van der Waals surface area (Å²) in [5, 5.41) is 0. The molecule has 200 valence electrons. The van der Waals surface area contributed by atoms with Crippen molar-refractivity contribution in [3.8, 4) is 0 Å². The summed E-state index contributed by atoms with van der Waals surface area (Å²) < 4.78 is 56.8. The number of carbonyl (C=O) groups is 3. The van der Waals surface area contributed by atoms with Gasteiger partial charge in [-0.1, -0.05) is 24.3 Å². The molecular formula is C26H21F2N5O5S. The second-order valence-corrected chi connectivity index (χ2v) is 10.2. The third-order valence-corrected chi connectivity index (χ3v) is 6.90. The first kappa shape index (κ1) is 27.3. The van der Waals surface area contributed by atoms with E-state index in [0.29, 0.717) is 17.1 Å². The van der Waals surface area contributed by atoms with Crippen molar-refractivity contribution in [1.82, 2.24) is 14.9 Å². The van der Waals surface area contributed by atoms with Crippen molar-refractivity contribution in [2.75, 3.05) is 14.1 Å². The summed E-state index contributed by atoms with van der Waals surface area (Å²) in [7, 11) is -1.82. The summed E-state index contributed by atoms with van der Waals surface area (Å²) in [6, 6.07) is 13.4. The Morgan fingerprint density at radius 1 is 0.923 bits per heavy atom. The zero-order chi connectivity index (χ0) is 28.5. The Balaban J connectivity index is 1.81. The summed E-state index contributed by atoms with van der Waals surface area (Å²) in [4.78, 5) is 46.9. The fourth-order valence-electron chi connectivity index (χ4n) is 3.77. The predicted octanol–water partition coefficient (Wildman–Crippen LogP) is 2.82. The van der Waals surface area contributed by atoms with E-state index in [9.17, 15) is 31.6 Å². The number of Topliss-reactive ketones (excluding diaryl/α,β-unsaturated/α-hetero) is 2. The number of aromatic amines is 1. The quantitative estimate of drug-likeness (QED) is 0.154.